The quantitative estimate of drug-likeness (QED) is 0.604. The monoisotopic (exact) mass is 278 g/mol. The minimum Gasteiger partial charge on any atom is -0.497 e. The molecule has 0 heterocycles. The summed E-state index contributed by atoms with van der Waals surface area (Å²) < 4.78 is 4.95. The van der Waals surface area contributed by atoms with Gasteiger partial charge in [-0.15, -0.1) is 0 Å². The molecule has 106 valence electrons. The number of methoxy groups -OCH3 is 1. The Kier molecular flexibility index (Phi) is 8.00. The van der Waals surface area contributed by atoms with Gasteiger partial charge in [0.2, 0.25) is 0 Å². The van der Waals surface area contributed by atoms with Gasteiger partial charge in [0.15, 0.2) is 0 Å². The van der Waals surface area contributed by atoms with Crippen LogP contribution in [0.25, 0.3) is 0 Å². The van der Waals surface area contributed by atoms with Crippen LogP contribution >= 0.6 is 0 Å². The standard InChI is InChI=1S/C12H14N2O3.CO2/c1-3-4-9(8-13)11-6-5-10(17-2)7-12(11)14(15)16;2-1-3/h5-7,9H,3-4H2,1-2H3;. The maximum absolute atomic E-state index is 11.0. The fourth-order valence-electron chi connectivity index (χ4n) is 1.68. The van der Waals surface area contributed by atoms with E-state index < -0.39 is 10.8 Å². The Bertz CT molecular complexity index is 530. The molecule has 0 aromatic heterocycles. The third-order valence-electron chi connectivity index (χ3n) is 2.54. The summed E-state index contributed by atoms with van der Waals surface area (Å²) in [6.45, 7) is 1.94. The van der Waals surface area contributed by atoms with Crippen LogP contribution in [0.4, 0.5) is 5.69 Å². The molecule has 0 aliphatic heterocycles. The number of benzene rings is 1. The van der Waals surface area contributed by atoms with E-state index >= 15 is 0 Å². The summed E-state index contributed by atoms with van der Waals surface area (Å²) in [6, 6.07) is 6.70. The number of carbonyl (C=O) groups excluding carboxylic acids is 2. The number of nitro groups is 1. The Hall–Kier alpha value is -2.71. The average molecular weight is 278 g/mol. The van der Waals surface area contributed by atoms with Crippen molar-refractivity contribution in [1.82, 2.24) is 0 Å². The van der Waals surface area contributed by atoms with Gasteiger partial charge in [0, 0.05) is 5.56 Å². The normalized spacial score (nSPS) is 10.2. The van der Waals surface area contributed by atoms with E-state index in [1.165, 1.54) is 13.2 Å². The van der Waals surface area contributed by atoms with Gasteiger partial charge in [-0.2, -0.15) is 14.9 Å². The third-order valence-corrected chi connectivity index (χ3v) is 2.54. The average Bonchev–Trinajstić information content (AvgIpc) is 2.45. The molecular weight excluding hydrogens is 264 g/mol. The highest BCUT2D eigenvalue weighted by atomic mass is 16.6. The van der Waals surface area contributed by atoms with Crippen LogP contribution in [0, 0.1) is 21.4 Å². The number of nitriles is 1. The largest absolute Gasteiger partial charge is 0.497 e. The summed E-state index contributed by atoms with van der Waals surface area (Å²) in [7, 11) is 1.45. The molecular formula is C13H14N2O5. The van der Waals surface area contributed by atoms with Crippen molar-refractivity contribution in [3.05, 3.63) is 33.9 Å². The number of hydrogen-bond acceptors (Lipinski definition) is 6. The van der Waals surface area contributed by atoms with Crippen molar-refractivity contribution in [2.24, 2.45) is 0 Å². The van der Waals surface area contributed by atoms with Gasteiger partial charge < -0.3 is 4.74 Å². The molecule has 0 fully saturated rings. The van der Waals surface area contributed by atoms with Crippen LogP contribution in [0.1, 0.15) is 31.2 Å². The molecule has 7 nitrogen and oxygen atoms in total. The van der Waals surface area contributed by atoms with Crippen LogP contribution < -0.4 is 4.74 Å². The van der Waals surface area contributed by atoms with Crippen molar-refractivity contribution in [3.8, 4) is 11.8 Å². The Morgan fingerprint density at radius 1 is 1.45 bits per heavy atom. The second kappa shape index (κ2) is 9.25. The number of nitro benzene ring substituents is 1. The first-order valence-electron chi connectivity index (χ1n) is 5.76. The summed E-state index contributed by atoms with van der Waals surface area (Å²) in [5.74, 6) is -0.0139. The van der Waals surface area contributed by atoms with Gasteiger partial charge in [-0.1, -0.05) is 13.3 Å². The van der Waals surface area contributed by atoms with Crippen LogP contribution in [-0.4, -0.2) is 18.2 Å². The van der Waals surface area contributed by atoms with Crippen LogP contribution in [0.15, 0.2) is 18.2 Å². The Balaban J connectivity index is 0.00000110. The minimum absolute atomic E-state index is 0.0515. The molecule has 0 bridgehead atoms. The van der Waals surface area contributed by atoms with Gasteiger partial charge in [0.05, 0.1) is 30.1 Å². The van der Waals surface area contributed by atoms with Crippen LogP contribution in [0.5, 0.6) is 5.75 Å². The second-order valence-electron chi connectivity index (χ2n) is 3.74. The molecule has 20 heavy (non-hydrogen) atoms. The summed E-state index contributed by atoms with van der Waals surface area (Å²) >= 11 is 0. The van der Waals surface area contributed by atoms with Gasteiger partial charge in [-0.3, -0.25) is 10.1 Å². The lowest BCUT2D eigenvalue weighted by Crippen LogP contribution is -2.01. The molecule has 0 N–H and O–H groups in total. The van der Waals surface area contributed by atoms with Gasteiger partial charge in [0.25, 0.3) is 5.69 Å². The van der Waals surface area contributed by atoms with Crippen LogP contribution in [0.2, 0.25) is 0 Å². The van der Waals surface area contributed by atoms with E-state index in [1.54, 1.807) is 12.1 Å². The first-order valence-corrected chi connectivity index (χ1v) is 5.76. The van der Waals surface area contributed by atoms with Crippen molar-refractivity contribution in [2.75, 3.05) is 7.11 Å². The molecule has 1 aromatic carbocycles. The van der Waals surface area contributed by atoms with E-state index in [-0.39, 0.29) is 11.8 Å². The highest BCUT2D eigenvalue weighted by Crippen LogP contribution is 2.32. The van der Waals surface area contributed by atoms with Gasteiger partial charge in [-0.05, 0) is 18.6 Å². The summed E-state index contributed by atoms with van der Waals surface area (Å²) in [5.41, 5.74) is 0.407. The molecule has 1 unspecified atom stereocenters. The SMILES string of the molecule is CCCC(C#N)c1ccc(OC)cc1[N+](=O)[O-].O=C=O. The zero-order chi connectivity index (χ0) is 15.5. The summed E-state index contributed by atoms with van der Waals surface area (Å²) in [6.07, 6.45) is 1.67. The molecule has 0 spiro atoms. The maximum atomic E-state index is 11.0. The van der Waals surface area contributed by atoms with Crippen molar-refractivity contribution >= 4 is 11.8 Å². The third kappa shape index (κ3) is 4.88. The fraction of sp³-hybridized carbons (Fsp3) is 0.385. The van der Waals surface area contributed by atoms with Crippen molar-refractivity contribution in [1.29, 1.82) is 5.26 Å². The van der Waals surface area contributed by atoms with Crippen molar-refractivity contribution in [2.45, 2.75) is 25.7 Å². The Morgan fingerprint density at radius 3 is 2.45 bits per heavy atom. The van der Waals surface area contributed by atoms with E-state index in [1.807, 2.05) is 6.92 Å². The minimum atomic E-state index is -0.474. The molecule has 0 amide bonds. The topological polar surface area (TPSA) is 110 Å². The van der Waals surface area contributed by atoms with E-state index in [0.29, 0.717) is 17.7 Å². The predicted molar refractivity (Wildman–Crippen MR) is 67.9 cm³/mol. The van der Waals surface area contributed by atoms with E-state index in [2.05, 4.69) is 6.07 Å². The molecule has 7 heteroatoms. The highest BCUT2D eigenvalue weighted by Gasteiger charge is 2.22. The van der Waals surface area contributed by atoms with Crippen LogP contribution in [-0.2, 0) is 9.59 Å². The molecule has 0 saturated heterocycles. The lowest BCUT2D eigenvalue weighted by atomic mass is 9.94. The molecule has 0 aliphatic carbocycles. The van der Waals surface area contributed by atoms with Gasteiger partial charge in [0.1, 0.15) is 5.75 Å². The number of nitrogens with zero attached hydrogens (tertiary/aromatic N) is 2. The highest BCUT2D eigenvalue weighted by molar-refractivity contribution is 5.49. The van der Waals surface area contributed by atoms with Crippen molar-refractivity contribution < 1.29 is 19.2 Å². The summed E-state index contributed by atoms with van der Waals surface area (Å²) in [5, 5.41) is 20.0. The molecule has 0 aliphatic rings. The second-order valence-corrected chi connectivity index (χ2v) is 3.74. The fourth-order valence-corrected chi connectivity index (χ4v) is 1.68. The molecule has 1 aromatic rings. The maximum Gasteiger partial charge on any atom is 0.373 e. The van der Waals surface area contributed by atoms with E-state index in [9.17, 15) is 10.1 Å². The van der Waals surface area contributed by atoms with E-state index in [0.717, 1.165) is 6.42 Å². The first kappa shape index (κ1) is 17.3. The Labute approximate surface area is 115 Å². The van der Waals surface area contributed by atoms with Crippen molar-refractivity contribution in [3.63, 3.8) is 0 Å². The zero-order valence-corrected chi connectivity index (χ0v) is 11.2. The zero-order valence-electron chi connectivity index (χ0n) is 11.2. The Morgan fingerprint density at radius 2 is 2.05 bits per heavy atom. The van der Waals surface area contributed by atoms with Gasteiger partial charge in [-0.25, -0.2) is 0 Å². The molecule has 1 rings (SSSR count). The summed E-state index contributed by atoms with van der Waals surface area (Å²) in [4.78, 5) is 26.7. The van der Waals surface area contributed by atoms with Crippen LogP contribution in [0.3, 0.4) is 0 Å². The molecule has 0 radical (unpaired) electrons. The predicted octanol–water partition coefficient (Wildman–Crippen LogP) is 2.43. The first-order chi connectivity index (χ1) is 9.55. The van der Waals surface area contributed by atoms with Gasteiger partial charge >= 0.3 is 6.15 Å². The van der Waals surface area contributed by atoms with E-state index in [4.69, 9.17) is 19.6 Å². The lowest BCUT2D eigenvalue weighted by Gasteiger charge is -2.09. The smallest absolute Gasteiger partial charge is 0.373 e. The number of rotatable bonds is 5. The lowest BCUT2D eigenvalue weighted by molar-refractivity contribution is -0.385. The molecule has 0 saturated carbocycles. The number of ether oxygens (including phenoxy) is 1. The molecule has 1 atom stereocenters. The number of hydrogen-bond donors (Lipinski definition) is 0.